The molecular formula is C12H17N5S2. The van der Waals surface area contributed by atoms with Gasteiger partial charge in [-0.2, -0.15) is 0 Å². The van der Waals surface area contributed by atoms with Crippen LogP contribution in [0.3, 0.4) is 0 Å². The molecule has 2 aromatic rings. The van der Waals surface area contributed by atoms with Crippen molar-refractivity contribution in [3.8, 4) is 0 Å². The first kappa shape index (κ1) is 14.2. The highest BCUT2D eigenvalue weighted by Crippen LogP contribution is 2.39. The van der Waals surface area contributed by atoms with Crippen LogP contribution in [0.4, 0.5) is 5.13 Å². The van der Waals surface area contributed by atoms with Gasteiger partial charge in [0.25, 0.3) is 0 Å². The minimum absolute atomic E-state index is 0.0147. The summed E-state index contributed by atoms with van der Waals surface area (Å²) in [5.74, 6) is 0. The molecule has 19 heavy (non-hydrogen) atoms. The second kappa shape index (κ2) is 6.31. The van der Waals surface area contributed by atoms with Crippen LogP contribution in [0.15, 0.2) is 28.9 Å². The van der Waals surface area contributed by atoms with E-state index in [0.29, 0.717) is 0 Å². The zero-order valence-electron chi connectivity index (χ0n) is 11.1. The van der Waals surface area contributed by atoms with E-state index >= 15 is 0 Å². The topological polar surface area (TPSA) is 67.9 Å². The molecule has 0 aliphatic rings. The van der Waals surface area contributed by atoms with Gasteiger partial charge in [-0.1, -0.05) is 29.2 Å². The predicted molar refractivity (Wildman–Crippen MR) is 80.7 cm³/mol. The fourth-order valence-electron chi connectivity index (χ4n) is 1.56. The lowest BCUT2D eigenvalue weighted by Crippen LogP contribution is -2.22. The molecule has 102 valence electrons. The Kier molecular flexibility index (Phi) is 4.73. The lowest BCUT2D eigenvalue weighted by molar-refractivity contribution is 0.718. The monoisotopic (exact) mass is 295 g/mol. The number of aromatic nitrogens is 3. The fraction of sp³-hybridized carbons (Fsp3) is 0.417. The van der Waals surface area contributed by atoms with Crippen molar-refractivity contribution < 1.29 is 0 Å². The van der Waals surface area contributed by atoms with E-state index < -0.39 is 0 Å². The maximum Gasteiger partial charge on any atom is 0.208 e. The van der Waals surface area contributed by atoms with Crippen LogP contribution in [0, 0.1) is 0 Å². The molecule has 2 unspecified atom stereocenters. The van der Waals surface area contributed by atoms with Crippen LogP contribution in [0.2, 0.25) is 0 Å². The van der Waals surface area contributed by atoms with Gasteiger partial charge in [-0.15, -0.1) is 10.2 Å². The van der Waals surface area contributed by atoms with Crippen LogP contribution in [0.1, 0.15) is 17.7 Å². The minimum Gasteiger partial charge on any atom is -0.353 e. The first-order chi connectivity index (χ1) is 9.08. The summed E-state index contributed by atoms with van der Waals surface area (Å²) in [5.41, 5.74) is 7.20. The lowest BCUT2D eigenvalue weighted by atomic mass is 10.1. The molecule has 0 spiro atoms. The van der Waals surface area contributed by atoms with Crippen molar-refractivity contribution in [3.63, 3.8) is 0 Å². The van der Waals surface area contributed by atoms with E-state index in [-0.39, 0.29) is 11.3 Å². The van der Waals surface area contributed by atoms with Crippen molar-refractivity contribution >= 4 is 28.2 Å². The number of rotatable bonds is 5. The zero-order chi connectivity index (χ0) is 13.8. The van der Waals surface area contributed by atoms with E-state index in [4.69, 9.17) is 5.73 Å². The molecule has 2 N–H and O–H groups in total. The number of pyridine rings is 1. The molecule has 0 aliphatic carbocycles. The van der Waals surface area contributed by atoms with Crippen molar-refractivity contribution in [1.29, 1.82) is 0 Å². The van der Waals surface area contributed by atoms with Crippen LogP contribution in [0.5, 0.6) is 0 Å². The number of hydrogen-bond donors (Lipinski definition) is 1. The van der Waals surface area contributed by atoms with Gasteiger partial charge in [0.1, 0.15) is 0 Å². The van der Waals surface area contributed by atoms with Crippen molar-refractivity contribution in [3.05, 3.63) is 30.1 Å². The summed E-state index contributed by atoms with van der Waals surface area (Å²) < 4.78 is 0.926. The zero-order valence-corrected chi connectivity index (χ0v) is 12.8. The Morgan fingerprint density at radius 2 is 2.16 bits per heavy atom. The summed E-state index contributed by atoms with van der Waals surface area (Å²) in [4.78, 5) is 6.10. The minimum atomic E-state index is 0.0147. The molecular weight excluding hydrogens is 278 g/mol. The van der Waals surface area contributed by atoms with E-state index in [1.54, 1.807) is 29.3 Å². The first-order valence-electron chi connectivity index (χ1n) is 5.91. The van der Waals surface area contributed by atoms with Crippen LogP contribution in [-0.4, -0.2) is 35.3 Å². The quantitative estimate of drug-likeness (QED) is 0.853. The summed E-state index contributed by atoms with van der Waals surface area (Å²) in [5, 5.41) is 9.37. The largest absolute Gasteiger partial charge is 0.353 e. The SMILES string of the molecule is CC(N)C(Sc1nnc(N(C)C)s1)c1cccnc1. The van der Waals surface area contributed by atoms with Gasteiger partial charge in [-0.05, 0) is 18.6 Å². The molecule has 0 saturated carbocycles. The summed E-state index contributed by atoms with van der Waals surface area (Å²) in [6.07, 6.45) is 3.62. The summed E-state index contributed by atoms with van der Waals surface area (Å²) in [6, 6.07) is 3.99. The second-order valence-corrected chi connectivity index (χ2v) is 6.77. The van der Waals surface area contributed by atoms with E-state index in [2.05, 4.69) is 15.2 Å². The Morgan fingerprint density at radius 1 is 1.37 bits per heavy atom. The van der Waals surface area contributed by atoms with E-state index in [1.807, 2.05) is 44.2 Å². The molecule has 7 heteroatoms. The summed E-state index contributed by atoms with van der Waals surface area (Å²) in [6.45, 7) is 2.00. The fourth-order valence-corrected chi connectivity index (χ4v) is 3.59. The maximum atomic E-state index is 6.08. The molecule has 5 nitrogen and oxygen atoms in total. The molecule has 0 amide bonds. The lowest BCUT2D eigenvalue weighted by Gasteiger charge is -2.18. The highest BCUT2D eigenvalue weighted by molar-refractivity contribution is 8.01. The maximum absolute atomic E-state index is 6.08. The highest BCUT2D eigenvalue weighted by Gasteiger charge is 2.20. The van der Waals surface area contributed by atoms with Crippen molar-refractivity contribution in [2.45, 2.75) is 22.6 Å². The third-order valence-electron chi connectivity index (χ3n) is 2.50. The van der Waals surface area contributed by atoms with Crippen molar-refractivity contribution in [2.75, 3.05) is 19.0 Å². The van der Waals surface area contributed by atoms with Gasteiger partial charge in [-0.25, -0.2) is 0 Å². The average Bonchev–Trinajstić information content (AvgIpc) is 2.85. The normalized spacial score (nSPS) is 14.1. The Bertz CT molecular complexity index is 512. The smallest absolute Gasteiger partial charge is 0.208 e. The Balaban J connectivity index is 2.17. The molecule has 2 aromatic heterocycles. The molecule has 2 heterocycles. The van der Waals surface area contributed by atoms with Crippen molar-refractivity contribution in [1.82, 2.24) is 15.2 Å². The Labute approximate surface area is 121 Å². The Morgan fingerprint density at radius 3 is 2.68 bits per heavy atom. The van der Waals surface area contributed by atoms with Gasteiger partial charge >= 0.3 is 0 Å². The van der Waals surface area contributed by atoms with Crippen LogP contribution < -0.4 is 10.6 Å². The third-order valence-corrected chi connectivity index (χ3v) is 5.16. The molecule has 0 aromatic carbocycles. The molecule has 0 aliphatic heterocycles. The van der Waals surface area contributed by atoms with Crippen LogP contribution >= 0.6 is 23.1 Å². The Hall–Kier alpha value is -1.18. The van der Waals surface area contributed by atoms with Gasteiger partial charge in [0.2, 0.25) is 5.13 Å². The third kappa shape index (κ3) is 3.65. The standard InChI is InChI=1S/C12H17N5S2/c1-8(13)10(9-5-4-6-14-7-9)18-12-16-15-11(19-12)17(2)3/h4-8,10H,13H2,1-3H3. The molecule has 0 fully saturated rings. The number of nitrogens with two attached hydrogens (primary N) is 1. The number of anilines is 1. The van der Waals surface area contributed by atoms with Gasteiger partial charge in [-0.3, -0.25) is 4.98 Å². The number of thioether (sulfide) groups is 1. The highest BCUT2D eigenvalue weighted by atomic mass is 32.2. The van der Waals surface area contributed by atoms with E-state index in [0.717, 1.165) is 15.0 Å². The van der Waals surface area contributed by atoms with Gasteiger partial charge in [0.05, 0.1) is 5.25 Å². The van der Waals surface area contributed by atoms with Gasteiger partial charge in [0, 0.05) is 32.5 Å². The van der Waals surface area contributed by atoms with Crippen molar-refractivity contribution in [2.24, 2.45) is 5.73 Å². The second-order valence-electron chi connectivity index (χ2n) is 4.43. The first-order valence-corrected chi connectivity index (χ1v) is 7.60. The molecule has 2 atom stereocenters. The number of nitrogens with zero attached hydrogens (tertiary/aromatic N) is 4. The molecule has 2 rings (SSSR count). The van der Waals surface area contributed by atoms with Gasteiger partial charge in [0.15, 0.2) is 4.34 Å². The molecule has 0 bridgehead atoms. The van der Waals surface area contributed by atoms with E-state index in [1.165, 1.54) is 0 Å². The predicted octanol–water partition coefficient (Wildman–Crippen LogP) is 2.18. The van der Waals surface area contributed by atoms with E-state index in [9.17, 15) is 0 Å². The number of hydrogen-bond acceptors (Lipinski definition) is 7. The molecule has 0 radical (unpaired) electrons. The summed E-state index contributed by atoms with van der Waals surface area (Å²) >= 11 is 3.21. The van der Waals surface area contributed by atoms with Gasteiger partial charge < -0.3 is 10.6 Å². The van der Waals surface area contributed by atoms with Crippen LogP contribution in [-0.2, 0) is 0 Å². The molecule has 0 saturated heterocycles. The van der Waals surface area contributed by atoms with Crippen LogP contribution in [0.25, 0.3) is 0 Å². The average molecular weight is 295 g/mol. The summed E-state index contributed by atoms with van der Waals surface area (Å²) in [7, 11) is 3.91.